The summed E-state index contributed by atoms with van der Waals surface area (Å²) in [5, 5.41) is 0.701. The van der Waals surface area contributed by atoms with E-state index in [9.17, 15) is 4.79 Å². The van der Waals surface area contributed by atoms with Crippen LogP contribution in [-0.4, -0.2) is 37.4 Å². The number of hydrogen-bond donors (Lipinski definition) is 0. The molecule has 25 heavy (non-hydrogen) atoms. The summed E-state index contributed by atoms with van der Waals surface area (Å²) in [6, 6.07) is 1.78. The van der Waals surface area contributed by atoms with Crippen LogP contribution < -0.4 is 0 Å². The van der Waals surface area contributed by atoms with E-state index in [-0.39, 0.29) is 0 Å². The van der Waals surface area contributed by atoms with E-state index in [4.69, 9.17) is 14.2 Å². The van der Waals surface area contributed by atoms with Crippen molar-refractivity contribution in [1.82, 2.24) is 14.5 Å². The number of ether oxygens (including phenoxy) is 3. The fourth-order valence-corrected chi connectivity index (χ4v) is 2.57. The lowest BCUT2D eigenvalue weighted by Crippen LogP contribution is -2.41. The predicted molar refractivity (Wildman–Crippen MR) is 92.2 cm³/mol. The van der Waals surface area contributed by atoms with Crippen molar-refractivity contribution in [3.05, 3.63) is 24.3 Å². The van der Waals surface area contributed by atoms with E-state index in [1.54, 1.807) is 12.3 Å². The van der Waals surface area contributed by atoms with Crippen LogP contribution in [0.15, 0.2) is 18.6 Å². The van der Waals surface area contributed by atoms with Gasteiger partial charge in [0.25, 0.3) is 0 Å². The van der Waals surface area contributed by atoms with Crippen LogP contribution in [0.3, 0.4) is 0 Å². The van der Waals surface area contributed by atoms with Gasteiger partial charge in [0.1, 0.15) is 17.6 Å². The van der Waals surface area contributed by atoms with Gasteiger partial charge in [0.15, 0.2) is 5.65 Å². The van der Waals surface area contributed by atoms with Crippen LogP contribution >= 0.6 is 0 Å². The second kappa shape index (κ2) is 5.51. The van der Waals surface area contributed by atoms with Crippen molar-refractivity contribution < 1.29 is 19.0 Å². The number of carbonyl (C=O) groups is 1. The van der Waals surface area contributed by atoms with Gasteiger partial charge in [0.05, 0.1) is 11.2 Å². The molecule has 2 aromatic heterocycles. The molecule has 0 aromatic carbocycles. The Labute approximate surface area is 147 Å². The lowest BCUT2D eigenvalue weighted by molar-refractivity contribution is -0.0913. The Morgan fingerprint density at radius 2 is 1.76 bits per heavy atom. The summed E-state index contributed by atoms with van der Waals surface area (Å²) >= 11 is 0. The summed E-state index contributed by atoms with van der Waals surface area (Å²) in [6.07, 6.45) is 1.93. The number of aromatic nitrogens is 3. The van der Waals surface area contributed by atoms with Crippen LogP contribution in [0, 0.1) is 0 Å². The lowest BCUT2D eigenvalue weighted by atomic mass is 9.90. The minimum Gasteiger partial charge on any atom is -0.443 e. The molecule has 0 radical (unpaired) electrons. The minimum absolute atomic E-state index is 0.467. The van der Waals surface area contributed by atoms with Gasteiger partial charge in [-0.15, -0.1) is 0 Å². The Bertz CT molecular complexity index is 801. The number of rotatable bonds is 1. The highest BCUT2D eigenvalue weighted by atomic mass is 16.7. The van der Waals surface area contributed by atoms with Crippen molar-refractivity contribution in [2.45, 2.75) is 71.6 Å². The smallest absolute Gasteiger partial charge is 0.420 e. The summed E-state index contributed by atoms with van der Waals surface area (Å²) in [4.78, 5) is 21.0. The molecule has 0 spiro atoms. The molecule has 2 aromatic rings. The summed E-state index contributed by atoms with van der Waals surface area (Å²) in [7, 11) is 0. The van der Waals surface area contributed by atoms with Gasteiger partial charge < -0.3 is 14.2 Å². The topological polar surface area (TPSA) is 75.5 Å². The van der Waals surface area contributed by atoms with E-state index in [1.807, 2.05) is 48.5 Å². The van der Waals surface area contributed by atoms with Crippen LogP contribution in [0.5, 0.6) is 0 Å². The Morgan fingerprint density at radius 3 is 2.32 bits per heavy atom. The normalized spacial score (nSPS) is 20.1. The van der Waals surface area contributed by atoms with Crippen molar-refractivity contribution >= 4 is 17.1 Å². The summed E-state index contributed by atoms with van der Waals surface area (Å²) < 4.78 is 18.9. The minimum atomic E-state index is -0.620. The molecule has 7 nitrogen and oxygen atoms in total. The van der Waals surface area contributed by atoms with E-state index < -0.39 is 29.2 Å². The van der Waals surface area contributed by atoms with Crippen molar-refractivity contribution in [3.8, 4) is 0 Å². The third kappa shape index (κ3) is 3.14. The molecule has 7 heteroatoms. The molecule has 3 rings (SSSR count). The standard InChI is InChI=1S/C18H25N3O4/c1-16(2,3)25-15(22)21-9-8-11-12(19-10-20-13(11)21)14-23-17(4,5)18(6,7)24-14/h8-10,14H,1-7H3. The first-order valence-corrected chi connectivity index (χ1v) is 8.32. The zero-order valence-corrected chi connectivity index (χ0v) is 15.8. The Kier molecular flexibility index (Phi) is 3.92. The fraction of sp³-hybridized carbons (Fsp3) is 0.611. The first-order chi connectivity index (χ1) is 11.4. The van der Waals surface area contributed by atoms with Crippen molar-refractivity contribution in [2.24, 2.45) is 0 Å². The molecule has 3 heterocycles. The number of fused-ring (bicyclic) bond motifs is 1. The molecule has 0 amide bonds. The molecule has 0 aliphatic carbocycles. The zero-order chi connectivity index (χ0) is 18.6. The predicted octanol–water partition coefficient (Wildman–Crippen LogP) is 3.82. The molecule has 0 N–H and O–H groups in total. The zero-order valence-electron chi connectivity index (χ0n) is 15.8. The van der Waals surface area contributed by atoms with Crippen LogP contribution in [0.4, 0.5) is 4.79 Å². The molecule has 1 saturated heterocycles. The number of hydrogen-bond acceptors (Lipinski definition) is 6. The van der Waals surface area contributed by atoms with Crippen molar-refractivity contribution in [1.29, 1.82) is 0 Å². The molecule has 1 aliphatic heterocycles. The summed E-state index contributed by atoms with van der Waals surface area (Å²) in [5.74, 6) is 0. The largest absolute Gasteiger partial charge is 0.443 e. The van der Waals surface area contributed by atoms with Crippen molar-refractivity contribution in [3.63, 3.8) is 0 Å². The van der Waals surface area contributed by atoms with Crippen molar-refractivity contribution in [2.75, 3.05) is 0 Å². The molecular formula is C18H25N3O4. The molecule has 136 valence electrons. The second-order valence-electron chi connectivity index (χ2n) is 8.25. The molecule has 0 bridgehead atoms. The van der Waals surface area contributed by atoms with E-state index >= 15 is 0 Å². The van der Waals surface area contributed by atoms with Crippen LogP contribution in [-0.2, 0) is 14.2 Å². The molecule has 1 fully saturated rings. The highest BCUT2D eigenvalue weighted by molar-refractivity contribution is 5.88. The van der Waals surface area contributed by atoms with Gasteiger partial charge in [-0.25, -0.2) is 19.3 Å². The first kappa shape index (κ1) is 17.8. The Hall–Kier alpha value is -1.99. The van der Waals surface area contributed by atoms with Gasteiger partial charge in [0.2, 0.25) is 6.29 Å². The number of nitrogens with zero attached hydrogens (tertiary/aromatic N) is 3. The van der Waals surface area contributed by atoms with Gasteiger partial charge in [-0.2, -0.15) is 0 Å². The van der Waals surface area contributed by atoms with Gasteiger partial charge in [0, 0.05) is 11.6 Å². The quantitative estimate of drug-likeness (QED) is 0.781. The SMILES string of the molecule is CC(C)(C)OC(=O)n1ccc2c(C3OC(C)(C)C(C)(C)O3)ncnc21. The fourth-order valence-electron chi connectivity index (χ4n) is 2.57. The number of carbonyl (C=O) groups excluding carboxylic acids is 1. The lowest BCUT2D eigenvalue weighted by Gasteiger charge is -2.30. The maximum absolute atomic E-state index is 12.4. The Balaban J connectivity index is 1.99. The van der Waals surface area contributed by atoms with Gasteiger partial charge in [-0.1, -0.05) is 0 Å². The van der Waals surface area contributed by atoms with E-state index in [0.717, 1.165) is 0 Å². The van der Waals surface area contributed by atoms with E-state index in [2.05, 4.69) is 9.97 Å². The van der Waals surface area contributed by atoms with Gasteiger partial charge in [-0.3, -0.25) is 0 Å². The molecule has 0 saturated carbocycles. The Morgan fingerprint density at radius 1 is 1.16 bits per heavy atom. The van der Waals surface area contributed by atoms with Gasteiger partial charge >= 0.3 is 6.09 Å². The maximum atomic E-state index is 12.4. The van der Waals surface area contributed by atoms with E-state index in [0.29, 0.717) is 16.7 Å². The third-order valence-corrected chi connectivity index (χ3v) is 4.58. The molecule has 1 aliphatic rings. The average molecular weight is 347 g/mol. The third-order valence-electron chi connectivity index (χ3n) is 4.58. The molecule has 0 unspecified atom stereocenters. The molecular weight excluding hydrogens is 322 g/mol. The second-order valence-corrected chi connectivity index (χ2v) is 8.25. The van der Waals surface area contributed by atoms with Crippen LogP contribution in [0.1, 0.15) is 60.5 Å². The van der Waals surface area contributed by atoms with E-state index in [1.165, 1.54) is 10.9 Å². The van der Waals surface area contributed by atoms with Gasteiger partial charge in [-0.05, 0) is 54.5 Å². The maximum Gasteiger partial charge on any atom is 0.420 e. The highest BCUT2D eigenvalue weighted by Gasteiger charge is 2.50. The monoisotopic (exact) mass is 347 g/mol. The summed E-state index contributed by atoms with van der Waals surface area (Å²) in [6.45, 7) is 13.4. The first-order valence-electron chi connectivity index (χ1n) is 8.32. The van der Waals surface area contributed by atoms with Crippen LogP contribution in [0.25, 0.3) is 11.0 Å². The molecule has 0 atom stereocenters. The average Bonchev–Trinajstić information content (AvgIpc) is 2.95. The van der Waals surface area contributed by atoms with Crippen LogP contribution in [0.2, 0.25) is 0 Å². The summed E-state index contributed by atoms with van der Waals surface area (Å²) in [5.41, 5.74) is -0.458. The highest BCUT2D eigenvalue weighted by Crippen LogP contribution is 2.45.